The Balaban J connectivity index is 1.89. The summed E-state index contributed by atoms with van der Waals surface area (Å²) in [6, 6.07) is 10.5. The zero-order chi connectivity index (χ0) is 18.4. The predicted molar refractivity (Wildman–Crippen MR) is 98.9 cm³/mol. The van der Waals surface area contributed by atoms with Crippen LogP contribution in [0.5, 0.6) is 5.75 Å². The fraction of sp³-hybridized carbons (Fsp3) is 0.238. The van der Waals surface area contributed by atoms with Crippen molar-refractivity contribution in [3.05, 3.63) is 74.6 Å². The van der Waals surface area contributed by atoms with Crippen LogP contribution >= 0.6 is 0 Å². The highest BCUT2D eigenvalue weighted by molar-refractivity contribution is 5.99. The van der Waals surface area contributed by atoms with E-state index in [0.29, 0.717) is 23.1 Å². The topological polar surface area (TPSA) is 68.5 Å². The number of carbonyl (C=O) groups is 1. The number of rotatable bonds is 3. The Labute approximate surface area is 150 Å². The van der Waals surface area contributed by atoms with E-state index in [1.807, 2.05) is 51.1 Å². The van der Waals surface area contributed by atoms with Crippen LogP contribution in [0, 0.1) is 13.8 Å². The van der Waals surface area contributed by atoms with Gasteiger partial charge < -0.3 is 14.5 Å². The molecule has 0 fully saturated rings. The predicted octanol–water partition coefficient (Wildman–Crippen LogP) is 3.64. The number of aryl methyl sites for hydroxylation is 2. The molecular weight excluding hydrogens is 330 g/mol. The van der Waals surface area contributed by atoms with E-state index in [0.717, 1.165) is 22.4 Å². The molecule has 0 saturated heterocycles. The molecule has 1 aliphatic rings. The smallest absolute Gasteiger partial charge is 0.288 e. The van der Waals surface area contributed by atoms with Crippen molar-refractivity contribution in [2.75, 3.05) is 6.61 Å². The van der Waals surface area contributed by atoms with Gasteiger partial charge in [-0.1, -0.05) is 18.2 Å². The summed E-state index contributed by atoms with van der Waals surface area (Å²) in [5.41, 5.74) is 3.39. The molecule has 1 amide bonds. The Morgan fingerprint density at radius 1 is 1.08 bits per heavy atom. The van der Waals surface area contributed by atoms with Crippen molar-refractivity contribution in [3.8, 4) is 5.75 Å². The van der Waals surface area contributed by atoms with Gasteiger partial charge in [-0.3, -0.25) is 9.59 Å². The molecular formula is C21H19NO4. The first-order valence-electron chi connectivity index (χ1n) is 8.61. The fourth-order valence-electron chi connectivity index (χ4n) is 3.38. The van der Waals surface area contributed by atoms with E-state index in [1.54, 1.807) is 6.07 Å². The average Bonchev–Trinajstić information content (AvgIpc) is 2.97. The second kappa shape index (κ2) is 6.02. The summed E-state index contributed by atoms with van der Waals surface area (Å²) < 4.78 is 11.3. The Kier molecular flexibility index (Phi) is 3.80. The maximum atomic E-state index is 13.1. The summed E-state index contributed by atoms with van der Waals surface area (Å²) >= 11 is 0. The van der Waals surface area contributed by atoms with Crippen molar-refractivity contribution >= 4 is 16.9 Å². The fourth-order valence-corrected chi connectivity index (χ4v) is 3.38. The van der Waals surface area contributed by atoms with Crippen LogP contribution in [-0.2, 0) is 0 Å². The monoisotopic (exact) mass is 349 g/mol. The molecule has 0 bridgehead atoms. The minimum Gasteiger partial charge on any atom is -0.494 e. The Morgan fingerprint density at radius 3 is 2.50 bits per heavy atom. The molecule has 1 atom stereocenters. The number of ether oxygens (including phenoxy) is 1. The van der Waals surface area contributed by atoms with Crippen LogP contribution in [0.4, 0.5) is 0 Å². The lowest BCUT2D eigenvalue weighted by Crippen LogP contribution is -2.21. The summed E-state index contributed by atoms with van der Waals surface area (Å²) in [6.45, 7) is 6.34. The lowest BCUT2D eigenvalue weighted by Gasteiger charge is -2.13. The van der Waals surface area contributed by atoms with Gasteiger partial charge in [0, 0.05) is 0 Å². The summed E-state index contributed by atoms with van der Waals surface area (Å²) in [5, 5.41) is 3.36. The van der Waals surface area contributed by atoms with Crippen LogP contribution in [0.15, 0.2) is 45.6 Å². The van der Waals surface area contributed by atoms with Gasteiger partial charge in [0.2, 0.25) is 5.76 Å². The number of nitrogens with one attached hydrogen (secondary N) is 1. The van der Waals surface area contributed by atoms with Gasteiger partial charge in [-0.25, -0.2) is 0 Å². The molecule has 26 heavy (non-hydrogen) atoms. The molecule has 2 heterocycles. The van der Waals surface area contributed by atoms with Crippen molar-refractivity contribution in [3.63, 3.8) is 0 Å². The van der Waals surface area contributed by atoms with Gasteiger partial charge in [0.1, 0.15) is 11.3 Å². The van der Waals surface area contributed by atoms with E-state index in [-0.39, 0.29) is 17.1 Å². The number of benzene rings is 2. The van der Waals surface area contributed by atoms with Crippen molar-refractivity contribution < 1.29 is 13.9 Å². The molecule has 5 nitrogen and oxygen atoms in total. The van der Waals surface area contributed by atoms with E-state index >= 15 is 0 Å². The molecule has 0 aliphatic carbocycles. The van der Waals surface area contributed by atoms with E-state index < -0.39 is 6.04 Å². The highest BCUT2D eigenvalue weighted by Crippen LogP contribution is 2.32. The van der Waals surface area contributed by atoms with Crippen LogP contribution in [0.2, 0.25) is 0 Å². The van der Waals surface area contributed by atoms with Crippen LogP contribution < -0.4 is 15.5 Å². The largest absolute Gasteiger partial charge is 0.494 e. The normalized spacial score (nSPS) is 15.8. The van der Waals surface area contributed by atoms with Crippen molar-refractivity contribution in [1.29, 1.82) is 0 Å². The second-order valence-electron chi connectivity index (χ2n) is 6.47. The number of hydrogen-bond acceptors (Lipinski definition) is 4. The van der Waals surface area contributed by atoms with Crippen LogP contribution in [0.25, 0.3) is 11.0 Å². The van der Waals surface area contributed by atoms with Gasteiger partial charge in [-0.15, -0.1) is 0 Å². The van der Waals surface area contributed by atoms with Gasteiger partial charge in [-0.05, 0) is 55.7 Å². The molecule has 1 N–H and O–H groups in total. The molecule has 1 unspecified atom stereocenters. The first-order valence-corrected chi connectivity index (χ1v) is 8.61. The molecule has 1 aliphatic heterocycles. The average molecular weight is 349 g/mol. The number of hydrogen-bond donors (Lipinski definition) is 1. The molecule has 2 aromatic carbocycles. The van der Waals surface area contributed by atoms with E-state index in [9.17, 15) is 9.59 Å². The maximum absolute atomic E-state index is 13.1. The molecule has 4 rings (SSSR count). The third-order valence-electron chi connectivity index (χ3n) is 4.91. The van der Waals surface area contributed by atoms with Gasteiger partial charge in [0.05, 0.1) is 23.6 Å². The third-order valence-corrected chi connectivity index (χ3v) is 4.91. The van der Waals surface area contributed by atoms with Crippen LogP contribution in [-0.4, -0.2) is 12.5 Å². The Bertz CT molecular complexity index is 1080. The maximum Gasteiger partial charge on any atom is 0.288 e. The summed E-state index contributed by atoms with van der Waals surface area (Å²) in [4.78, 5) is 25.5. The Hall–Kier alpha value is -3.08. The number of fused-ring (bicyclic) bond motifs is 2. The van der Waals surface area contributed by atoms with Gasteiger partial charge in [-0.2, -0.15) is 0 Å². The van der Waals surface area contributed by atoms with Gasteiger partial charge in [0.25, 0.3) is 5.91 Å². The zero-order valence-corrected chi connectivity index (χ0v) is 14.9. The minimum atomic E-state index is -0.518. The van der Waals surface area contributed by atoms with Crippen LogP contribution in [0.3, 0.4) is 0 Å². The molecule has 0 radical (unpaired) electrons. The van der Waals surface area contributed by atoms with Crippen molar-refractivity contribution in [2.45, 2.75) is 26.8 Å². The lowest BCUT2D eigenvalue weighted by atomic mass is 9.98. The summed E-state index contributed by atoms with van der Waals surface area (Å²) in [7, 11) is 0. The van der Waals surface area contributed by atoms with Gasteiger partial charge in [0.15, 0.2) is 5.43 Å². The molecule has 0 saturated carbocycles. The molecule has 132 valence electrons. The highest BCUT2D eigenvalue weighted by atomic mass is 16.5. The third kappa shape index (κ3) is 2.39. The number of carbonyl (C=O) groups excluding carboxylic acids is 1. The van der Waals surface area contributed by atoms with E-state index in [1.165, 1.54) is 0 Å². The van der Waals surface area contributed by atoms with Gasteiger partial charge >= 0.3 is 0 Å². The SMILES string of the molecule is CCOc1ccc(C2NC(=O)c3oc4c(C)c(C)ccc4c(=O)c32)cc1. The molecule has 5 heteroatoms. The first-order chi connectivity index (χ1) is 12.5. The minimum absolute atomic E-state index is 0.107. The quantitative estimate of drug-likeness (QED) is 0.784. The molecule has 1 aromatic heterocycles. The Morgan fingerprint density at radius 2 is 1.81 bits per heavy atom. The number of amides is 1. The summed E-state index contributed by atoms with van der Waals surface area (Å²) in [5.74, 6) is 0.492. The standard InChI is InChI=1S/C21H19NO4/c1-4-25-14-8-6-13(7-9-14)17-16-18(23)15-10-5-11(2)12(3)19(15)26-20(16)21(24)22-17/h5-10,17H,4H2,1-3H3,(H,22,24). The highest BCUT2D eigenvalue weighted by Gasteiger charge is 2.36. The summed E-state index contributed by atoms with van der Waals surface area (Å²) in [6.07, 6.45) is 0. The zero-order valence-electron chi connectivity index (χ0n) is 14.9. The lowest BCUT2D eigenvalue weighted by molar-refractivity contribution is 0.0938. The van der Waals surface area contributed by atoms with E-state index in [2.05, 4.69) is 5.32 Å². The van der Waals surface area contributed by atoms with Crippen molar-refractivity contribution in [2.24, 2.45) is 0 Å². The first kappa shape index (κ1) is 16.4. The second-order valence-corrected chi connectivity index (χ2v) is 6.47. The van der Waals surface area contributed by atoms with Crippen molar-refractivity contribution in [1.82, 2.24) is 5.32 Å². The van der Waals surface area contributed by atoms with E-state index in [4.69, 9.17) is 9.15 Å². The molecule has 0 spiro atoms. The molecule has 3 aromatic rings. The van der Waals surface area contributed by atoms with Crippen LogP contribution in [0.1, 0.15) is 45.8 Å².